The zero-order chi connectivity index (χ0) is 22.4. The molecule has 31 heavy (non-hydrogen) atoms. The molecule has 8 nitrogen and oxygen atoms in total. The second-order valence-corrected chi connectivity index (χ2v) is 7.70. The van der Waals surface area contributed by atoms with Crippen LogP contribution < -0.4 is 19.1 Å². The van der Waals surface area contributed by atoms with E-state index in [1.165, 1.54) is 33.1 Å². The molecule has 1 aromatic heterocycles. The first-order chi connectivity index (χ1) is 15.0. The first kappa shape index (κ1) is 22.5. The van der Waals surface area contributed by atoms with Crippen LogP contribution in [0, 0.1) is 0 Å². The third kappa shape index (κ3) is 5.11. The maximum atomic E-state index is 12.8. The van der Waals surface area contributed by atoms with Crippen LogP contribution in [0.25, 0.3) is 11.5 Å². The number of anilines is 1. The summed E-state index contributed by atoms with van der Waals surface area (Å²) in [4.78, 5) is 14.6. The van der Waals surface area contributed by atoms with Gasteiger partial charge in [-0.2, -0.15) is 0 Å². The predicted molar refractivity (Wildman–Crippen MR) is 119 cm³/mol. The van der Waals surface area contributed by atoms with Crippen LogP contribution in [0.15, 0.2) is 52.1 Å². The first-order valence-electron chi connectivity index (χ1n) is 9.62. The molecule has 0 radical (unpaired) electrons. The number of carbonyl (C=O) groups is 1. The third-order valence-corrected chi connectivity index (χ3v) is 5.26. The number of rotatable bonds is 9. The highest BCUT2D eigenvalue weighted by molar-refractivity contribution is 7.99. The van der Waals surface area contributed by atoms with Crippen LogP contribution in [0.3, 0.4) is 0 Å². The van der Waals surface area contributed by atoms with Crippen molar-refractivity contribution < 1.29 is 23.4 Å². The standard InChI is InChI=1S/C22H25N3O5S/c1-14(2)25(16-9-7-6-8-10-16)19(26)13-31-22-24-23-21(30-22)15-11-17(27-3)20(29-5)18(12-15)28-4/h6-12,14H,13H2,1-5H3. The number of hydrogen-bond acceptors (Lipinski definition) is 8. The molecule has 2 aromatic carbocycles. The van der Waals surface area contributed by atoms with Crippen LogP contribution in [-0.4, -0.2) is 49.2 Å². The topological polar surface area (TPSA) is 86.9 Å². The van der Waals surface area contributed by atoms with Gasteiger partial charge in [-0.25, -0.2) is 0 Å². The van der Waals surface area contributed by atoms with Crippen molar-refractivity contribution in [3.63, 3.8) is 0 Å². The number of thioether (sulfide) groups is 1. The van der Waals surface area contributed by atoms with E-state index in [1.807, 2.05) is 44.2 Å². The number of benzene rings is 2. The Morgan fingerprint density at radius 2 is 1.68 bits per heavy atom. The Balaban J connectivity index is 1.75. The van der Waals surface area contributed by atoms with E-state index < -0.39 is 0 Å². The van der Waals surface area contributed by atoms with Gasteiger partial charge in [0, 0.05) is 17.3 Å². The summed E-state index contributed by atoms with van der Waals surface area (Å²) in [6.07, 6.45) is 0. The molecule has 9 heteroatoms. The number of methoxy groups -OCH3 is 3. The molecule has 0 atom stereocenters. The van der Waals surface area contributed by atoms with Gasteiger partial charge in [0.1, 0.15) is 0 Å². The molecule has 0 saturated carbocycles. The van der Waals surface area contributed by atoms with E-state index in [1.54, 1.807) is 17.0 Å². The van der Waals surface area contributed by atoms with Crippen LogP contribution in [0.4, 0.5) is 5.69 Å². The molecule has 164 valence electrons. The molecule has 0 N–H and O–H groups in total. The molecule has 0 fully saturated rings. The van der Waals surface area contributed by atoms with Crippen LogP contribution in [0.5, 0.6) is 17.2 Å². The number of aromatic nitrogens is 2. The molecule has 3 aromatic rings. The Hall–Kier alpha value is -3.20. The van der Waals surface area contributed by atoms with E-state index in [4.69, 9.17) is 18.6 Å². The van der Waals surface area contributed by atoms with Gasteiger partial charge in [-0.05, 0) is 38.1 Å². The average Bonchev–Trinajstić information content (AvgIpc) is 3.26. The number of amides is 1. The second-order valence-electron chi connectivity index (χ2n) is 6.77. The van der Waals surface area contributed by atoms with Crippen LogP contribution in [0.1, 0.15) is 13.8 Å². The van der Waals surface area contributed by atoms with Crippen LogP contribution >= 0.6 is 11.8 Å². The van der Waals surface area contributed by atoms with Gasteiger partial charge in [0.05, 0.1) is 27.1 Å². The number of para-hydroxylation sites is 1. The minimum absolute atomic E-state index is 0.0213. The maximum absolute atomic E-state index is 12.8. The van der Waals surface area contributed by atoms with Crippen molar-refractivity contribution in [2.75, 3.05) is 32.0 Å². The Bertz CT molecular complexity index is 998. The van der Waals surface area contributed by atoms with E-state index in [0.29, 0.717) is 28.0 Å². The molecule has 0 spiro atoms. The lowest BCUT2D eigenvalue weighted by Gasteiger charge is -2.26. The fraction of sp³-hybridized carbons (Fsp3) is 0.318. The summed E-state index contributed by atoms with van der Waals surface area (Å²) in [6.45, 7) is 3.95. The number of ether oxygens (including phenoxy) is 3. The summed E-state index contributed by atoms with van der Waals surface area (Å²) in [5.41, 5.74) is 1.47. The summed E-state index contributed by atoms with van der Waals surface area (Å²) in [5.74, 6) is 1.86. The zero-order valence-corrected chi connectivity index (χ0v) is 18.9. The predicted octanol–water partition coefficient (Wildman–Crippen LogP) is 4.30. The SMILES string of the molecule is COc1cc(-c2nnc(SCC(=O)N(c3ccccc3)C(C)C)o2)cc(OC)c1OC. The molecule has 0 aliphatic rings. The van der Waals surface area contributed by atoms with Gasteiger partial charge in [-0.15, -0.1) is 10.2 Å². The normalized spacial score (nSPS) is 10.8. The Morgan fingerprint density at radius 3 is 2.23 bits per heavy atom. The third-order valence-electron chi connectivity index (χ3n) is 4.46. The number of nitrogens with zero attached hydrogens (tertiary/aromatic N) is 3. The lowest BCUT2D eigenvalue weighted by Crippen LogP contribution is -2.38. The smallest absolute Gasteiger partial charge is 0.277 e. The molecule has 0 saturated heterocycles. The van der Waals surface area contributed by atoms with Gasteiger partial charge in [0.25, 0.3) is 5.22 Å². The van der Waals surface area contributed by atoms with Gasteiger partial charge in [-0.1, -0.05) is 30.0 Å². The quantitative estimate of drug-likeness (QED) is 0.453. The van der Waals surface area contributed by atoms with Gasteiger partial charge in [-0.3, -0.25) is 4.79 Å². The lowest BCUT2D eigenvalue weighted by molar-refractivity contribution is -0.116. The minimum Gasteiger partial charge on any atom is -0.493 e. The monoisotopic (exact) mass is 443 g/mol. The van der Waals surface area contributed by atoms with E-state index in [9.17, 15) is 4.79 Å². The van der Waals surface area contributed by atoms with Crippen LogP contribution in [-0.2, 0) is 4.79 Å². The summed E-state index contributed by atoms with van der Waals surface area (Å²) in [7, 11) is 4.61. The summed E-state index contributed by atoms with van der Waals surface area (Å²) >= 11 is 1.19. The summed E-state index contributed by atoms with van der Waals surface area (Å²) < 4.78 is 21.8. The van der Waals surface area contributed by atoms with Crippen molar-refractivity contribution in [3.05, 3.63) is 42.5 Å². The fourth-order valence-electron chi connectivity index (χ4n) is 3.10. The summed E-state index contributed by atoms with van der Waals surface area (Å²) in [5, 5.41) is 8.45. The highest BCUT2D eigenvalue weighted by Gasteiger charge is 2.21. The van der Waals surface area contributed by atoms with Crippen molar-refractivity contribution in [2.24, 2.45) is 0 Å². The molecule has 0 aliphatic carbocycles. The van der Waals surface area contributed by atoms with E-state index in [-0.39, 0.29) is 23.6 Å². The molecular formula is C22H25N3O5S. The Morgan fingerprint density at radius 1 is 1.03 bits per heavy atom. The maximum Gasteiger partial charge on any atom is 0.277 e. The Labute approximate surface area is 185 Å². The van der Waals surface area contributed by atoms with Gasteiger partial charge in [0.15, 0.2) is 11.5 Å². The van der Waals surface area contributed by atoms with Crippen molar-refractivity contribution in [2.45, 2.75) is 25.1 Å². The van der Waals surface area contributed by atoms with Crippen molar-refractivity contribution >= 4 is 23.4 Å². The largest absolute Gasteiger partial charge is 0.493 e. The molecule has 1 heterocycles. The van der Waals surface area contributed by atoms with Crippen molar-refractivity contribution in [1.29, 1.82) is 0 Å². The molecule has 0 aliphatic heterocycles. The molecule has 3 rings (SSSR count). The van der Waals surface area contributed by atoms with E-state index in [2.05, 4.69) is 10.2 Å². The highest BCUT2D eigenvalue weighted by Crippen LogP contribution is 2.41. The van der Waals surface area contributed by atoms with E-state index >= 15 is 0 Å². The fourth-order valence-corrected chi connectivity index (χ4v) is 3.72. The first-order valence-corrected chi connectivity index (χ1v) is 10.6. The molecular weight excluding hydrogens is 418 g/mol. The number of hydrogen-bond donors (Lipinski definition) is 0. The minimum atomic E-state index is -0.0428. The molecule has 0 unspecified atom stereocenters. The highest BCUT2D eigenvalue weighted by atomic mass is 32.2. The van der Waals surface area contributed by atoms with Crippen molar-refractivity contribution in [3.8, 4) is 28.7 Å². The van der Waals surface area contributed by atoms with Gasteiger partial charge < -0.3 is 23.5 Å². The molecule has 1 amide bonds. The lowest BCUT2D eigenvalue weighted by atomic mass is 10.2. The van der Waals surface area contributed by atoms with E-state index in [0.717, 1.165) is 5.69 Å². The molecule has 0 bridgehead atoms. The van der Waals surface area contributed by atoms with Crippen LogP contribution in [0.2, 0.25) is 0 Å². The summed E-state index contributed by atoms with van der Waals surface area (Å²) in [6, 6.07) is 13.0. The van der Waals surface area contributed by atoms with Gasteiger partial charge in [0.2, 0.25) is 17.5 Å². The van der Waals surface area contributed by atoms with Gasteiger partial charge >= 0.3 is 0 Å². The second kappa shape index (κ2) is 10.2. The van der Waals surface area contributed by atoms with Crippen molar-refractivity contribution in [1.82, 2.24) is 10.2 Å². The Kier molecular flexibility index (Phi) is 7.41. The average molecular weight is 444 g/mol. The number of carbonyl (C=O) groups excluding carboxylic acids is 1. The zero-order valence-electron chi connectivity index (χ0n) is 18.1.